The number of carbonyl (C=O) groups is 1. The van der Waals surface area contributed by atoms with Gasteiger partial charge in [0.25, 0.3) is 0 Å². The number of nitrogens with one attached hydrogen (secondary N) is 1. The normalized spacial score (nSPS) is 28.4. The molecule has 2 aliphatic carbocycles. The summed E-state index contributed by atoms with van der Waals surface area (Å²) < 4.78 is 5.36. The van der Waals surface area contributed by atoms with Crippen LogP contribution in [0.15, 0.2) is 47.6 Å². The Morgan fingerprint density at radius 2 is 2.23 bits per heavy atom. The molecule has 3 rings (SSSR count). The van der Waals surface area contributed by atoms with E-state index >= 15 is 0 Å². The molecule has 22 heavy (non-hydrogen) atoms. The van der Waals surface area contributed by atoms with Crippen LogP contribution in [0, 0.1) is 11.3 Å². The van der Waals surface area contributed by atoms with Crippen LogP contribution in [0.25, 0.3) is 0 Å². The molecule has 2 aliphatic rings. The van der Waals surface area contributed by atoms with E-state index in [9.17, 15) is 4.79 Å². The Balaban J connectivity index is 1.91. The number of allylic oxidation sites excluding steroid dienone is 2. The molecular formula is C18H22N2O2. The van der Waals surface area contributed by atoms with E-state index < -0.39 is 5.41 Å². The Bertz CT molecular complexity index is 594. The molecule has 0 spiro atoms. The summed E-state index contributed by atoms with van der Waals surface area (Å²) in [6, 6.07) is 9.83. The molecule has 1 aromatic rings. The lowest BCUT2D eigenvalue weighted by Gasteiger charge is -2.41. The number of anilines is 1. The van der Waals surface area contributed by atoms with Crippen LogP contribution < -0.4 is 5.43 Å². The van der Waals surface area contributed by atoms with Crippen LogP contribution in [0.4, 0.5) is 5.69 Å². The van der Waals surface area contributed by atoms with E-state index in [1.165, 1.54) is 0 Å². The smallest absolute Gasteiger partial charge is 0.318 e. The second kappa shape index (κ2) is 6.34. The van der Waals surface area contributed by atoms with Gasteiger partial charge in [-0.05, 0) is 38.3 Å². The zero-order valence-electron chi connectivity index (χ0n) is 12.9. The van der Waals surface area contributed by atoms with Crippen LogP contribution in [-0.2, 0) is 9.53 Å². The highest BCUT2D eigenvalue weighted by Gasteiger charge is 2.50. The molecular weight excluding hydrogens is 276 g/mol. The number of hydrogen-bond acceptors (Lipinski definition) is 4. The lowest BCUT2D eigenvalue weighted by molar-refractivity contribution is -0.152. The largest absolute Gasteiger partial charge is 0.465 e. The molecule has 0 aromatic heterocycles. The number of carbonyl (C=O) groups excluding carboxylic acids is 1. The summed E-state index contributed by atoms with van der Waals surface area (Å²) in [5.41, 5.74) is 4.40. The molecule has 116 valence electrons. The van der Waals surface area contributed by atoms with Crippen LogP contribution in [0.5, 0.6) is 0 Å². The van der Waals surface area contributed by atoms with Crippen molar-refractivity contribution in [3.05, 3.63) is 42.5 Å². The second-order valence-corrected chi connectivity index (χ2v) is 5.91. The molecule has 4 nitrogen and oxygen atoms in total. The monoisotopic (exact) mass is 298 g/mol. The summed E-state index contributed by atoms with van der Waals surface area (Å²) in [5.74, 6) is 0.112. The number of hydrogen-bond donors (Lipinski definition) is 1. The van der Waals surface area contributed by atoms with Crippen molar-refractivity contribution in [3.8, 4) is 0 Å². The van der Waals surface area contributed by atoms with Crippen molar-refractivity contribution in [1.82, 2.24) is 0 Å². The third kappa shape index (κ3) is 2.65. The fraction of sp³-hybridized carbons (Fsp3) is 0.444. The van der Waals surface area contributed by atoms with Crippen LogP contribution in [0.3, 0.4) is 0 Å². The van der Waals surface area contributed by atoms with E-state index in [2.05, 4.69) is 22.7 Å². The van der Waals surface area contributed by atoms with Crippen molar-refractivity contribution < 1.29 is 9.53 Å². The van der Waals surface area contributed by atoms with Crippen LogP contribution in [0.2, 0.25) is 0 Å². The lowest BCUT2D eigenvalue weighted by Crippen LogP contribution is -2.48. The minimum absolute atomic E-state index is 0.127. The molecule has 1 N–H and O–H groups in total. The Morgan fingerprint density at radius 1 is 1.41 bits per heavy atom. The number of para-hydroxylation sites is 1. The molecule has 1 fully saturated rings. The van der Waals surface area contributed by atoms with Crippen molar-refractivity contribution in [2.75, 3.05) is 12.0 Å². The first-order valence-corrected chi connectivity index (χ1v) is 7.99. The van der Waals surface area contributed by atoms with E-state index in [1.54, 1.807) is 0 Å². The highest BCUT2D eigenvalue weighted by atomic mass is 16.5. The molecule has 4 heteroatoms. The molecule has 2 bridgehead atoms. The molecule has 2 atom stereocenters. The van der Waals surface area contributed by atoms with Gasteiger partial charge in [-0.3, -0.25) is 10.2 Å². The molecule has 2 unspecified atom stereocenters. The molecule has 0 saturated heterocycles. The van der Waals surface area contributed by atoms with Gasteiger partial charge in [-0.15, -0.1) is 0 Å². The van der Waals surface area contributed by atoms with E-state index in [0.717, 1.165) is 30.7 Å². The molecule has 1 aromatic carbocycles. The zero-order valence-corrected chi connectivity index (χ0v) is 12.9. The number of benzene rings is 1. The van der Waals surface area contributed by atoms with Crippen LogP contribution in [-0.4, -0.2) is 18.3 Å². The predicted octanol–water partition coefficient (Wildman–Crippen LogP) is 3.76. The summed E-state index contributed by atoms with van der Waals surface area (Å²) in [6.45, 7) is 2.26. The molecule has 0 aliphatic heterocycles. The van der Waals surface area contributed by atoms with E-state index in [1.807, 2.05) is 37.3 Å². The molecule has 0 amide bonds. The maximum Gasteiger partial charge on any atom is 0.318 e. The van der Waals surface area contributed by atoms with Gasteiger partial charge in [-0.25, -0.2) is 0 Å². The van der Waals surface area contributed by atoms with Crippen molar-refractivity contribution in [1.29, 1.82) is 0 Å². The maximum atomic E-state index is 12.6. The van der Waals surface area contributed by atoms with Gasteiger partial charge in [0, 0.05) is 5.92 Å². The standard InChI is InChI=1S/C18H22N2O2/c1-2-22-17(21)18-12-6-8-14(9-7-13-18)16(18)20-19-15-10-4-3-5-11-15/h3-6,8,10-11,14,19H,2,7,9,12-13H2,1H3. The van der Waals surface area contributed by atoms with E-state index in [-0.39, 0.29) is 11.9 Å². The number of esters is 1. The number of fused-ring (bicyclic) bond motifs is 2. The second-order valence-electron chi connectivity index (χ2n) is 5.91. The van der Waals surface area contributed by atoms with E-state index in [4.69, 9.17) is 4.74 Å². The predicted molar refractivity (Wildman–Crippen MR) is 87.7 cm³/mol. The summed E-state index contributed by atoms with van der Waals surface area (Å²) in [6.07, 6.45) is 7.90. The highest BCUT2D eigenvalue weighted by Crippen LogP contribution is 2.45. The Labute approximate surface area is 131 Å². The Hall–Kier alpha value is -2.10. The van der Waals surface area contributed by atoms with Gasteiger partial charge < -0.3 is 4.74 Å². The Kier molecular flexibility index (Phi) is 4.27. The van der Waals surface area contributed by atoms with Crippen LogP contribution in [0.1, 0.15) is 32.6 Å². The quantitative estimate of drug-likeness (QED) is 0.523. The number of hydrazone groups is 1. The van der Waals surface area contributed by atoms with Gasteiger partial charge in [0.05, 0.1) is 18.0 Å². The van der Waals surface area contributed by atoms with Crippen molar-refractivity contribution >= 4 is 17.4 Å². The summed E-state index contributed by atoms with van der Waals surface area (Å²) >= 11 is 0. The molecule has 0 radical (unpaired) electrons. The average Bonchev–Trinajstić information content (AvgIpc) is 2.53. The summed E-state index contributed by atoms with van der Waals surface area (Å²) in [5, 5.41) is 4.63. The topological polar surface area (TPSA) is 50.7 Å². The average molecular weight is 298 g/mol. The molecule has 0 heterocycles. The number of nitrogens with zero attached hydrogens (tertiary/aromatic N) is 1. The van der Waals surface area contributed by atoms with Gasteiger partial charge in [0.1, 0.15) is 5.41 Å². The number of ether oxygens (including phenoxy) is 1. The fourth-order valence-electron chi connectivity index (χ4n) is 3.46. The van der Waals surface area contributed by atoms with Crippen molar-refractivity contribution in [3.63, 3.8) is 0 Å². The lowest BCUT2D eigenvalue weighted by atomic mass is 9.63. The van der Waals surface area contributed by atoms with Crippen molar-refractivity contribution in [2.45, 2.75) is 32.6 Å². The zero-order chi connectivity index (χ0) is 15.4. The first-order valence-electron chi connectivity index (χ1n) is 7.99. The van der Waals surface area contributed by atoms with Gasteiger partial charge in [-0.1, -0.05) is 36.8 Å². The van der Waals surface area contributed by atoms with Gasteiger partial charge in [0.2, 0.25) is 0 Å². The van der Waals surface area contributed by atoms with Crippen molar-refractivity contribution in [2.24, 2.45) is 16.4 Å². The van der Waals surface area contributed by atoms with Gasteiger partial charge >= 0.3 is 5.97 Å². The minimum atomic E-state index is -0.574. The van der Waals surface area contributed by atoms with Gasteiger partial charge in [-0.2, -0.15) is 5.10 Å². The highest BCUT2D eigenvalue weighted by molar-refractivity contribution is 6.10. The maximum absolute atomic E-state index is 12.6. The van der Waals surface area contributed by atoms with E-state index in [0.29, 0.717) is 13.0 Å². The minimum Gasteiger partial charge on any atom is -0.465 e. The SMILES string of the molecule is CCOC(=O)C12CC=CC(CCC1)C2=NNc1ccccc1. The third-order valence-electron chi connectivity index (χ3n) is 4.54. The third-order valence-corrected chi connectivity index (χ3v) is 4.54. The summed E-state index contributed by atoms with van der Waals surface area (Å²) in [4.78, 5) is 12.6. The molecule has 1 saturated carbocycles. The summed E-state index contributed by atoms with van der Waals surface area (Å²) in [7, 11) is 0. The first-order chi connectivity index (χ1) is 10.8. The fourth-order valence-corrected chi connectivity index (χ4v) is 3.46. The first kappa shape index (κ1) is 14.8. The van der Waals surface area contributed by atoms with Crippen LogP contribution >= 0.6 is 0 Å². The number of rotatable bonds is 4. The van der Waals surface area contributed by atoms with Gasteiger partial charge in [0.15, 0.2) is 0 Å². The Morgan fingerprint density at radius 3 is 3.00 bits per heavy atom.